The molecule has 2 aromatic carbocycles. The summed E-state index contributed by atoms with van der Waals surface area (Å²) in [6, 6.07) is 18.7. The van der Waals surface area contributed by atoms with E-state index in [1.54, 1.807) is 24.3 Å². The van der Waals surface area contributed by atoms with E-state index >= 15 is 0 Å². The van der Waals surface area contributed by atoms with Crippen LogP contribution in [0.15, 0.2) is 60.7 Å². The Balaban J connectivity index is 0.000000216. The van der Waals surface area contributed by atoms with Gasteiger partial charge in [-0.3, -0.25) is 0 Å². The molecule has 2 rings (SSSR count). The minimum atomic E-state index is -0.826. The van der Waals surface area contributed by atoms with Crippen LogP contribution in [0.2, 0.25) is 0 Å². The summed E-state index contributed by atoms with van der Waals surface area (Å²) in [6.07, 6.45) is 0. The van der Waals surface area contributed by atoms with Crippen LogP contribution in [0.1, 0.15) is 0 Å². The molecule has 0 saturated carbocycles. The van der Waals surface area contributed by atoms with Gasteiger partial charge < -0.3 is 5.11 Å². The van der Waals surface area contributed by atoms with E-state index in [-0.39, 0.29) is 0 Å². The van der Waals surface area contributed by atoms with Crippen molar-refractivity contribution in [2.24, 2.45) is 0 Å². The minimum Gasteiger partial charge on any atom is -0.214 e. The Morgan fingerprint density at radius 3 is 1.60 bits per heavy atom. The van der Waals surface area contributed by atoms with E-state index in [0.717, 1.165) is 0 Å². The zero-order chi connectivity index (χ0) is 11.4. The number of phenols is 1. The second-order valence-electron chi connectivity index (χ2n) is 2.37. The molecule has 0 fully saturated rings. The molecule has 4 heteroatoms. The van der Waals surface area contributed by atoms with Crippen molar-refractivity contribution in [3.8, 4) is 5.75 Å². The van der Waals surface area contributed by atoms with Gasteiger partial charge in [-0.05, 0) is 12.1 Å². The first-order chi connectivity index (χ1) is 7.31. The number of benzene rings is 1. The molecule has 0 radical (unpaired) electrons. The SMILES string of the molecule is Oc1ccccc1.[Cl][Zr][Cl].c1cc[cH-]c1. The predicted octanol–water partition coefficient (Wildman–Crippen LogP) is 4.17. The number of halogens is 2. The van der Waals surface area contributed by atoms with Gasteiger partial charge in [-0.25, -0.2) is 12.1 Å². The van der Waals surface area contributed by atoms with Gasteiger partial charge in [0.1, 0.15) is 5.75 Å². The third-order valence-electron chi connectivity index (χ3n) is 1.31. The van der Waals surface area contributed by atoms with Crippen LogP contribution in [0.5, 0.6) is 5.75 Å². The van der Waals surface area contributed by atoms with Crippen LogP contribution >= 0.6 is 17.0 Å². The maximum absolute atomic E-state index is 8.63. The van der Waals surface area contributed by atoms with Gasteiger partial charge in [-0.2, -0.15) is 18.2 Å². The Hall–Kier alpha value is -0.167. The maximum atomic E-state index is 8.63. The van der Waals surface area contributed by atoms with Crippen LogP contribution in [-0.4, -0.2) is 5.11 Å². The fourth-order valence-electron chi connectivity index (χ4n) is 0.749. The van der Waals surface area contributed by atoms with Crippen LogP contribution in [0, 0.1) is 0 Å². The average Bonchev–Trinajstić information content (AvgIpc) is 2.78. The Kier molecular flexibility index (Phi) is 11.8. The molecule has 80 valence electrons. The number of hydrogen-bond acceptors (Lipinski definition) is 1. The Bertz CT molecular complexity index is 280. The molecule has 2 aromatic rings. The van der Waals surface area contributed by atoms with E-state index in [1.807, 2.05) is 36.4 Å². The van der Waals surface area contributed by atoms with Crippen LogP contribution in [0.25, 0.3) is 0 Å². The van der Waals surface area contributed by atoms with Crippen LogP contribution in [-0.2, 0) is 20.8 Å². The molecule has 0 unspecified atom stereocenters. The molecule has 0 amide bonds. The summed E-state index contributed by atoms with van der Waals surface area (Å²) in [5, 5.41) is 8.63. The molecular formula is C11H11Cl2OZr-. The van der Waals surface area contributed by atoms with Crippen molar-refractivity contribution in [2.75, 3.05) is 0 Å². The van der Waals surface area contributed by atoms with Crippen molar-refractivity contribution in [3.05, 3.63) is 60.7 Å². The average molecular weight is 321 g/mol. The molecule has 0 heterocycles. The van der Waals surface area contributed by atoms with Gasteiger partial charge in [0.25, 0.3) is 0 Å². The van der Waals surface area contributed by atoms with Gasteiger partial charge >= 0.3 is 37.9 Å². The van der Waals surface area contributed by atoms with E-state index in [0.29, 0.717) is 5.75 Å². The summed E-state index contributed by atoms with van der Waals surface area (Å²) < 4.78 is 0. The quantitative estimate of drug-likeness (QED) is 0.722. The van der Waals surface area contributed by atoms with Crippen molar-refractivity contribution in [2.45, 2.75) is 0 Å². The summed E-state index contributed by atoms with van der Waals surface area (Å²) in [6.45, 7) is 0. The molecule has 0 bridgehead atoms. The van der Waals surface area contributed by atoms with Gasteiger partial charge in [0.05, 0.1) is 0 Å². The zero-order valence-corrected chi connectivity index (χ0v) is 11.9. The van der Waals surface area contributed by atoms with Gasteiger partial charge in [0.15, 0.2) is 0 Å². The molecule has 15 heavy (non-hydrogen) atoms. The molecular weight excluding hydrogens is 310 g/mol. The Labute approximate surface area is 109 Å². The Morgan fingerprint density at radius 1 is 0.933 bits per heavy atom. The first-order valence-electron chi connectivity index (χ1n) is 4.18. The number of aromatic hydroxyl groups is 1. The summed E-state index contributed by atoms with van der Waals surface area (Å²) in [7, 11) is 9.87. The monoisotopic (exact) mass is 319 g/mol. The molecule has 0 spiro atoms. The summed E-state index contributed by atoms with van der Waals surface area (Å²) in [4.78, 5) is 0. The smallest absolute Gasteiger partial charge is 0.172 e. The molecule has 1 N–H and O–H groups in total. The largest absolute Gasteiger partial charge is 0.214 e. The molecule has 0 aliphatic carbocycles. The molecule has 0 aromatic heterocycles. The van der Waals surface area contributed by atoms with E-state index in [9.17, 15) is 0 Å². The molecule has 0 atom stereocenters. The maximum Gasteiger partial charge on any atom is -0.172 e. The molecule has 0 aliphatic heterocycles. The van der Waals surface area contributed by atoms with Gasteiger partial charge in [-0.1, -0.05) is 18.2 Å². The van der Waals surface area contributed by atoms with Crippen molar-refractivity contribution in [3.63, 3.8) is 0 Å². The second kappa shape index (κ2) is 11.9. The van der Waals surface area contributed by atoms with Crippen molar-refractivity contribution >= 4 is 17.0 Å². The van der Waals surface area contributed by atoms with E-state index in [2.05, 4.69) is 0 Å². The van der Waals surface area contributed by atoms with Crippen LogP contribution < -0.4 is 0 Å². The molecule has 1 nitrogen and oxygen atoms in total. The third kappa shape index (κ3) is 11.8. The Morgan fingerprint density at radius 2 is 1.40 bits per heavy atom. The summed E-state index contributed by atoms with van der Waals surface area (Å²) in [5.74, 6) is 0.322. The van der Waals surface area contributed by atoms with E-state index in [1.165, 1.54) is 0 Å². The van der Waals surface area contributed by atoms with Crippen molar-refractivity contribution in [1.29, 1.82) is 0 Å². The fourth-order valence-corrected chi connectivity index (χ4v) is 0.749. The first-order valence-corrected chi connectivity index (χ1v) is 10.5. The number of rotatable bonds is 0. The normalized spacial score (nSPS) is 7.60. The summed E-state index contributed by atoms with van der Waals surface area (Å²) in [5.41, 5.74) is 0. The van der Waals surface area contributed by atoms with Gasteiger partial charge in [0, 0.05) is 0 Å². The number of hydrogen-bond donors (Lipinski definition) is 1. The zero-order valence-electron chi connectivity index (χ0n) is 7.98. The van der Waals surface area contributed by atoms with Crippen molar-refractivity contribution in [1.82, 2.24) is 0 Å². The number of para-hydroxylation sites is 1. The van der Waals surface area contributed by atoms with Crippen LogP contribution in [0.4, 0.5) is 0 Å². The van der Waals surface area contributed by atoms with Gasteiger partial charge in [0.2, 0.25) is 0 Å². The van der Waals surface area contributed by atoms with E-state index < -0.39 is 20.8 Å². The predicted molar refractivity (Wildman–Crippen MR) is 61.8 cm³/mol. The topological polar surface area (TPSA) is 20.2 Å². The van der Waals surface area contributed by atoms with Crippen LogP contribution in [0.3, 0.4) is 0 Å². The van der Waals surface area contributed by atoms with Gasteiger partial charge in [-0.15, -0.1) is 0 Å². The molecule has 0 aliphatic rings. The second-order valence-corrected chi connectivity index (χ2v) is 6.10. The molecule has 0 saturated heterocycles. The minimum absolute atomic E-state index is 0.322. The standard InChI is InChI=1S/C6H6O.C5H5.2ClH.Zr/c7-6-4-2-1-3-5-6;1-2-4-5-3-1;;;/h1-5,7H;1-5H;2*1H;/q;-1;;;+2/p-2. The van der Waals surface area contributed by atoms with Crippen molar-refractivity contribution < 1.29 is 26.0 Å². The number of phenolic OH excluding ortho intramolecular Hbond substituents is 1. The first kappa shape index (κ1) is 14.8. The fraction of sp³-hybridized carbons (Fsp3) is 0. The third-order valence-corrected chi connectivity index (χ3v) is 1.31. The van der Waals surface area contributed by atoms with E-state index in [4.69, 9.17) is 22.1 Å². The summed E-state index contributed by atoms with van der Waals surface area (Å²) >= 11 is -0.826.